The van der Waals surface area contributed by atoms with Crippen molar-refractivity contribution in [3.05, 3.63) is 17.7 Å². The van der Waals surface area contributed by atoms with E-state index in [2.05, 4.69) is 4.98 Å². The topological polar surface area (TPSA) is 61.2 Å². The Bertz CT molecular complexity index is 517. The predicted octanol–water partition coefficient (Wildman–Crippen LogP) is 1.92. The first-order chi connectivity index (χ1) is 9.46. The molecule has 0 N–H and O–H groups in total. The maximum absolute atomic E-state index is 12.4. The molecular formula is C15H22N2O3. The van der Waals surface area contributed by atoms with E-state index in [1.807, 2.05) is 4.57 Å². The number of nitrogens with zero attached hydrogens (tertiary/aromatic N) is 2. The Balaban J connectivity index is 2.11. The Hall–Kier alpha value is -1.65. The maximum atomic E-state index is 12.4. The molecule has 0 radical (unpaired) electrons. The van der Waals surface area contributed by atoms with Crippen LogP contribution in [0.15, 0.2) is 6.33 Å². The van der Waals surface area contributed by atoms with Gasteiger partial charge in [0, 0.05) is 5.69 Å². The second-order valence-corrected chi connectivity index (χ2v) is 5.74. The molecule has 0 bridgehead atoms. The lowest BCUT2D eigenvalue weighted by molar-refractivity contribution is -0.158. The first-order valence-electron chi connectivity index (χ1n) is 7.20. The van der Waals surface area contributed by atoms with Gasteiger partial charge >= 0.3 is 5.97 Å². The second kappa shape index (κ2) is 5.77. The van der Waals surface area contributed by atoms with Gasteiger partial charge in [0.25, 0.3) is 0 Å². The number of aryl methyl sites for hydroxylation is 1. The fraction of sp³-hybridized carbons (Fsp3) is 0.667. The summed E-state index contributed by atoms with van der Waals surface area (Å²) in [6.07, 6.45) is 5.95. The molecule has 1 heterocycles. The molecule has 110 valence electrons. The number of fused-ring (bicyclic) bond motifs is 1. The van der Waals surface area contributed by atoms with Crippen molar-refractivity contribution in [3.8, 4) is 0 Å². The number of hydrogen-bond acceptors (Lipinski definition) is 4. The number of carbonyl (C=O) groups excluding carboxylic acids is 2. The number of ketones is 1. The van der Waals surface area contributed by atoms with Gasteiger partial charge in [-0.25, -0.2) is 4.98 Å². The fourth-order valence-corrected chi connectivity index (χ4v) is 2.44. The molecule has 1 aliphatic carbocycles. The lowest BCUT2D eigenvalue weighted by atomic mass is 9.88. The highest BCUT2D eigenvalue weighted by molar-refractivity contribution is 6.02. The average molecular weight is 278 g/mol. The largest absolute Gasteiger partial charge is 0.465 e. The minimum absolute atomic E-state index is 0.137. The Morgan fingerprint density at radius 2 is 2.05 bits per heavy atom. The van der Waals surface area contributed by atoms with Crippen molar-refractivity contribution < 1.29 is 14.3 Å². The lowest BCUT2D eigenvalue weighted by Gasteiger charge is -2.22. The summed E-state index contributed by atoms with van der Waals surface area (Å²) in [6.45, 7) is 5.46. The molecule has 0 amide bonds. The highest BCUT2D eigenvalue weighted by Crippen LogP contribution is 2.23. The van der Waals surface area contributed by atoms with Gasteiger partial charge in [-0.1, -0.05) is 0 Å². The van der Waals surface area contributed by atoms with Gasteiger partial charge in [0.15, 0.2) is 5.78 Å². The molecule has 0 saturated heterocycles. The number of aromatic nitrogens is 2. The monoisotopic (exact) mass is 278 g/mol. The summed E-state index contributed by atoms with van der Waals surface area (Å²) in [4.78, 5) is 28.6. The van der Waals surface area contributed by atoms with Crippen molar-refractivity contribution in [2.75, 3.05) is 6.61 Å². The summed E-state index contributed by atoms with van der Waals surface area (Å²) in [6, 6.07) is 0. The molecule has 0 unspecified atom stereocenters. The van der Waals surface area contributed by atoms with Gasteiger partial charge in [0.05, 0.1) is 25.2 Å². The van der Waals surface area contributed by atoms with Crippen molar-refractivity contribution in [1.29, 1.82) is 0 Å². The van der Waals surface area contributed by atoms with E-state index >= 15 is 0 Å². The van der Waals surface area contributed by atoms with Crippen LogP contribution < -0.4 is 0 Å². The molecule has 0 fully saturated rings. The SMILES string of the molecule is CCOC(=O)C(C)(C)C(=O)Cn1cnc2c1CCCC2. The molecule has 0 spiro atoms. The maximum Gasteiger partial charge on any atom is 0.319 e. The van der Waals surface area contributed by atoms with Crippen molar-refractivity contribution in [1.82, 2.24) is 9.55 Å². The van der Waals surface area contributed by atoms with Gasteiger partial charge in [-0.2, -0.15) is 0 Å². The molecule has 5 nitrogen and oxygen atoms in total. The van der Waals surface area contributed by atoms with Crippen molar-refractivity contribution in [2.45, 2.75) is 53.0 Å². The minimum Gasteiger partial charge on any atom is -0.465 e. The first-order valence-corrected chi connectivity index (χ1v) is 7.20. The van der Waals surface area contributed by atoms with E-state index < -0.39 is 11.4 Å². The third kappa shape index (κ3) is 2.76. The van der Waals surface area contributed by atoms with E-state index in [0.717, 1.165) is 37.1 Å². The standard InChI is InChI=1S/C15H22N2O3/c1-4-20-14(19)15(2,3)13(18)9-17-10-16-11-7-5-6-8-12(11)17/h10H,4-9H2,1-3H3. The van der Waals surface area contributed by atoms with E-state index in [-0.39, 0.29) is 18.9 Å². The summed E-state index contributed by atoms with van der Waals surface area (Å²) < 4.78 is 6.86. The van der Waals surface area contributed by atoms with Gasteiger partial charge in [-0.3, -0.25) is 9.59 Å². The number of hydrogen-bond donors (Lipinski definition) is 0. The molecule has 1 aromatic rings. The summed E-state index contributed by atoms with van der Waals surface area (Å²) in [7, 11) is 0. The van der Waals surface area contributed by atoms with Gasteiger partial charge in [-0.05, 0) is 46.5 Å². The van der Waals surface area contributed by atoms with Crippen LogP contribution in [0.2, 0.25) is 0 Å². The molecule has 5 heteroatoms. The zero-order valence-corrected chi connectivity index (χ0v) is 12.4. The normalized spacial score (nSPS) is 14.8. The molecule has 20 heavy (non-hydrogen) atoms. The summed E-state index contributed by atoms with van der Waals surface area (Å²) >= 11 is 0. The second-order valence-electron chi connectivity index (χ2n) is 5.74. The van der Waals surface area contributed by atoms with E-state index in [4.69, 9.17) is 4.74 Å². The Labute approximate surface area is 119 Å². The van der Waals surface area contributed by atoms with Gasteiger partial charge in [-0.15, -0.1) is 0 Å². The number of ether oxygens (including phenoxy) is 1. The molecule has 2 rings (SSSR count). The molecule has 0 atom stereocenters. The van der Waals surface area contributed by atoms with Crippen molar-refractivity contribution in [3.63, 3.8) is 0 Å². The fourth-order valence-electron chi connectivity index (χ4n) is 2.44. The Morgan fingerprint density at radius 1 is 1.35 bits per heavy atom. The average Bonchev–Trinajstić information content (AvgIpc) is 2.82. The van der Waals surface area contributed by atoms with E-state index in [9.17, 15) is 9.59 Å². The van der Waals surface area contributed by atoms with Gasteiger partial charge in [0.2, 0.25) is 0 Å². The highest BCUT2D eigenvalue weighted by atomic mass is 16.5. The Kier molecular flexibility index (Phi) is 4.26. The third-order valence-electron chi connectivity index (χ3n) is 3.91. The highest BCUT2D eigenvalue weighted by Gasteiger charge is 2.37. The molecule has 0 aromatic carbocycles. The van der Waals surface area contributed by atoms with Crippen LogP contribution in [-0.4, -0.2) is 27.9 Å². The zero-order valence-electron chi connectivity index (χ0n) is 12.4. The smallest absolute Gasteiger partial charge is 0.319 e. The van der Waals surface area contributed by atoms with Gasteiger partial charge in [0.1, 0.15) is 5.41 Å². The summed E-state index contributed by atoms with van der Waals surface area (Å²) in [5.74, 6) is -0.597. The molecule has 1 aliphatic rings. The zero-order chi connectivity index (χ0) is 14.8. The van der Waals surface area contributed by atoms with Crippen molar-refractivity contribution >= 4 is 11.8 Å². The number of Topliss-reactive ketones (excluding diaryl/α,β-unsaturated/α-hetero) is 1. The van der Waals surface area contributed by atoms with E-state index in [1.54, 1.807) is 27.1 Å². The number of carbonyl (C=O) groups is 2. The van der Waals surface area contributed by atoms with Crippen molar-refractivity contribution in [2.24, 2.45) is 5.41 Å². The quantitative estimate of drug-likeness (QED) is 0.610. The minimum atomic E-state index is -1.11. The number of rotatable bonds is 5. The van der Waals surface area contributed by atoms with Crippen LogP contribution in [0.3, 0.4) is 0 Å². The van der Waals surface area contributed by atoms with Gasteiger partial charge < -0.3 is 9.30 Å². The lowest BCUT2D eigenvalue weighted by Crippen LogP contribution is -2.37. The summed E-state index contributed by atoms with van der Waals surface area (Å²) in [5, 5.41) is 0. The Morgan fingerprint density at radius 3 is 2.75 bits per heavy atom. The summed E-state index contributed by atoms with van der Waals surface area (Å²) in [5.41, 5.74) is 1.13. The molecular weight excluding hydrogens is 256 g/mol. The molecule has 0 saturated carbocycles. The van der Waals surface area contributed by atoms with Crippen LogP contribution in [0.5, 0.6) is 0 Å². The molecule has 0 aliphatic heterocycles. The van der Waals surface area contributed by atoms with Crippen LogP contribution in [0.1, 0.15) is 45.0 Å². The predicted molar refractivity (Wildman–Crippen MR) is 74.3 cm³/mol. The number of esters is 1. The van der Waals surface area contributed by atoms with E-state index in [1.165, 1.54) is 0 Å². The van der Waals surface area contributed by atoms with Crippen LogP contribution in [0.4, 0.5) is 0 Å². The van der Waals surface area contributed by atoms with Crippen LogP contribution in [0.25, 0.3) is 0 Å². The van der Waals surface area contributed by atoms with Crippen LogP contribution >= 0.6 is 0 Å². The number of imidazole rings is 1. The first kappa shape index (κ1) is 14.8. The van der Waals surface area contributed by atoms with Crippen LogP contribution in [0, 0.1) is 5.41 Å². The van der Waals surface area contributed by atoms with E-state index in [0.29, 0.717) is 0 Å². The van der Waals surface area contributed by atoms with Crippen LogP contribution in [-0.2, 0) is 33.7 Å². The molecule has 1 aromatic heterocycles. The third-order valence-corrected chi connectivity index (χ3v) is 3.91.